The highest BCUT2D eigenvalue weighted by Gasteiger charge is 2.15. The minimum atomic E-state index is -0.335. The molecule has 2 heterocycles. The first-order chi connectivity index (χ1) is 9.69. The van der Waals surface area contributed by atoms with E-state index in [4.69, 9.17) is 5.73 Å². The van der Waals surface area contributed by atoms with Crippen LogP contribution in [-0.2, 0) is 6.42 Å². The lowest BCUT2D eigenvalue weighted by Gasteiger charge is -2.03. The van der Waals surface area contributed by atoms with Gasteiger partial charge in [-0.2, -0.15) is 5.10 Å². The maximum atomic E-state index is 14.1. The van der Waals surface area contributed by atoms with Gasteiger partial charge in [0.25, 0.3) is 0 Å². The summed E-state index contributed by atoms with van der Waals surface area (Å²) in [5.41, 5.74) is 8.13. The maximum Gasteiger partial charge on any atom is 0.210 e. The van der Waals surface area contributed by atoms with Gasteiger partial charge in [0.1, 0.15) is 5.82 Å². The minimum absolute atomic E-state index is 0.335. The van der Waals surface area contributed by atoms with Crippen LogP contribution in [-0.4, -0.2) is 14.8 Å². The van der Waals surface area contributed by atoms with Crippen LogP contribution in [0.25, 0.3) is 16.3 Å². The molecule has 0 aliphatic rings. The van der Waals surface area contributed by atoms with Crippen molar-refractivity contribution in [3.05, 3.63) is 47.5 Å². The summed E-state index contributed by atoms with van der Waals surface area (Å²) in [6.07, 6.45) is 4.25. The molecule has 0 amide bonds. The molecule has 0 saturated heterocycles. The number of halogens is 1. The normalized spacial score (nSPS) is 10.9. The highest BCUT2D eigenvalue weighted by Crippen LogP contribution is 2.28. The number of benzene rings is 1. The molecule has 6 heteroatoms. The average molecular weight is 288 g/mol. The molecule has 102 valence electrons. The smallest absolute Gasteiger partial charge is 0.210 e. The lowest BCUT2D eigenvalue weighted by Crippen LogP contribution is -1.94. The Morgan fingerprint density at radius 2 is 2.20 bits per heavy atom. The Morgan fingerprint density at radius 3 is 2.85 bits per heavy atom. The van der Waals surface area contributed by atoms with Gasteiger partial charge in [-0.15, -0.1) is 11.3 Å². The zero-order valence-corrected chi connectivity index (χ0v) is 11.7. The Balaban J connectivity index is 2.13. The Kier molecular flexibility index (Phi) is 3.23. The van der Waals surface area contributed by atoms with E-state index in [-0.39, 0.29) is 5.82 Å². The zero-order valence-electron chi connectivity index (χ0n) is 10.9. The quantitative estimate of drug-likeness (QED) is 0.752. The van der Waals surface area contributed by atoms with Crippen LogP contribution in [0.4, 0.5) is 10.1 Å². The van der Waals surface area contributed by atoms with Crippen LogP contribution in [0.1, 0.15) is 12.6 Å². The number of hydrogen-bond acceptors (Lipinski definition) is 4. The molecule has 0 saturated carbocycles. The summed E-state index contributed by atoms with van der Waals surface area (Å²) >= 11 is 1.49. The fourth-order valence-electron chi connectivity index (χ4n) is 2.07. The third kappa shape index (κ3) is 2.18. The number of nitrogen functional groups attached to an aromatic ring is 1. The minimum Gasteiger partial charge on any atom is -0.399 e. The highest BCUT2D eigenvalue weighted by molar-refractivity contribution is 7.12. The SMILES string of the molecule is CCc1nn(-c2nccs2)cc1-c1ccc(N)cc1F. The molecule has 20 heavy (non-hydrogen) atoms. The zero-order chi connectivity index (χ0) is 14.1. The molecule has 3 rings (SSSR count). The van der Waals surface area contributed by atoms with E-state index in [0.717, 1.165) is 22.8 Å². The topological polar surface area (TPSA) is 56.7 Å². The molecule has 0 unspecified atom stereocenters. The Labute approximate surface area is 119 Å². The van der Waals surface area contributed by atoms with Crippen LogP contribution in [0.2, 0.25) is 0 Å². The fourth-order valence-corrected chi connectivity index (χ4v) is 2.64. The maximum absolute atomic E-state index is 14.1. The van der Waals surface area contributed by atoms with Crippen molar-refractivity contribution in [2.45, 2.75) is 13.3 Å². The van der Waals surface area contributed by atoms with E-state index in [1.54, 1.807) is 23.0 Å². The van der Waals surface area contributed by atoms with E-state index >= 15 is 0 Å². The molecular weight excluding hydrogens is 275 g/mol. The van der Waals surface area contributed by atoms with Gasteiger partial charge in [-0.3, -0.25) is 0 Å². The van der Waals surface area contributed by atoms with E-state index < -0.39 is 0 Å². The van der Waals surface area contributed by atoms with Crippen molar-refractivity contribution in [2.24, 2.45) is 0 Å². The summed E-state index contributed by atoms with van der Waals surface area (Å²) in [6, 6.07) is 4.71. The van der Waals surface area contributed by atoms with Gasteiger partial charge in [0.15, 0.2) is 0 Å². The highest BCUT2D eigenvalue weighted by atomic mass is 32.1. The molecule has 2 aromatic heterocycles. The molecule has 0 bridgehead atoms. The van der Waals surface area contributed by atoms with E-state index in [0.29, 0.717) is 11.3 Å². The largest absolute Gasteiger partial charge is 0.399 e. The summed E-state index contributed by atoms with van der Waals surface area (Å²) in [4.78, 5) is 4.21. The molecule has 0 aliphatic heterocycles. The van der Waals surface area contributed by atoms with Gasteiger partial charge in [-0.1, -0.05) is 6.92 Å². The molecule has 0 atom stereocenters. The van der Waals surface area contributed by atoms with Crippen molar-refractivity contribution in [3.8, 4) is 16.3 Å². The number of aromatic nitrogens is 3. The molecule has 0 radical (unpaired) electrons. The van der Waals surface area contributed by atoms with Gasteiger partial charge in [0.2, 0.25) is 5.13 Å². The van der Waals surface area contributed by atoms with Gasteiger partial charge in [-0.05, 0) is 24.6 Å². The first kappa shape index (κ1) is 12.8. The Bertz CT molecular complexity index is 734. The number of aryl methyl sites for hydroxylation is 1. The second kappa shape index (κ2) is 5.05. The third-order valence-electron chi connectivity index (χ3n) is 3.02. The van der Waals surface area contributed by atoms with Gasteiger partial charge in [0, 0.05) is 34.6 Å². The van der Waals surface area contributed by atoms with Crippen LogP contribution in [0.5, 0.6) is 0 Å². The summed E-state index contributed by atoms with van der Waals surface area (Å²) in [5.74, 6) is -0.335. The second-order valence-corrected chi connectivity index (χ2v) is 5.21. The summed E-state index contributed by atoms with van der Waals surface area (Å²) in [6.45, 7) is 1.99. The lowest BCUT2D eigenvalue weighted by atomic mass is 10.0. The van der Waals surface area contributed by atoms with Crippen LogP contribution in [0.3, 0.4) is 0 Å². The number of rotatable bonds is 3. The van der Waals surface area contributed by atoms with Gasteiger partial charge < -0.3 is 5.73 Å². The Hall–Kier alpha value is -2.21. The monoisotopic (exact) mass is 288 g/mol. The Morgan fingerprint density at radius 1 is 1.35 bits per heavy atom. The second-order valence-electron chi connectivity index (χ2n) is 4.34. The van der Waals surface area contributed by atoms with Crippen LogP contribution in [0.15, 0.2) is 36.0 Å². The van der Waals surface area contributed by atoms with E-state index in [9.17, 15) is 4.39 Å². The standard InChI is InChI=1S/C14H13FN4S/c1-2-13-11(10-4-3-9(16)7-12(10)15)8-19(18-13)14-17-5-6-20-14/h3-8H,2,16H2,1H3. The van der Waals surface area contributed by atoms with Crippen LogP contribution in [0, 0.1) is 5.82 Å². The number of nitrogens with two attached hydrogens (primary N) is 1. The summed E-state index contributed by atoms with van der Waals surface area (Å²) in [5, 5.41) is 7.12. The summed E-state index contributed by atoms with van der Waals surface area (Å²) < 4.78 is 15.8. The van der Waals surface area contributed by atoms with Crippen LogP contribution < -0.4 is 5.73 Å². The summed E-state index contributed by atoms with van der Waals surface area (Å²) in [7, 11) is 0. The lowest BCUT2D eigenvalue weighted by molar-refractivity contribution is 0.632. The van der Waals surface area contributed by atoms with Crippen LogP contribution >= 0.6 is 11.3 Å². The molecule has 1 aromatic carbocycles. The molecule has 0 aliphatic carbocycles. The van der Waals surface area contributed by atoms with E-state index in [1.165, 1.54) is 17.4 Å². The van der Waals surface area contributed by atoms with Crippen molar-refractivity contribution in [1.82, 2.24) is 14.8 Å². The molecule has 4 nitrogen and oxygen atoms in total. The van der Waals surface area contributed by atoms with Crippen molar-refractivity contribution in [3.63, 3.8) is 0 Å². The number of anilines is 1. The molecule has 3 aromatic rings. The van der Waals surface area contributed by atoms with Gasteiger partial charge in [0.05, 0.1) is 5.69 Å². The number of hydrogen-bond donors (Lipinski definition) is 1. The van der Waals surface area contributed by atoms with E-state index in [2.05, 4.69) is 10.1 Å². The molecule has 2 N–H and O–H groups in total. The van der Waals surface area contributed by atoms with Crippen molar-refractivity contribution in [1.29, 1.82) is 0 Å². The molecular formula is C14H13FN4S. The predicted octanol–water partition coefficient (Wildman–Crippen LogP) is 3.28. The first-order valence-electron chi connectivity index (χ1n) is 6.23. The predicted molar refractivity (Wildman–Crippen MR) is 78.4 cm³/mol. The average Bonchev–Trinajstić information content (AvgIpc) is 3.07. The van der Waals surface area contributed by atoms with Gasteiger partial charge in [-0.25, -0.2) is 14.1 Å². The first-order valence-corrected chi connectivity index (χ1v) is 7.11. The van der Waals surface area contributed by atoms with E-state index in [1.807, 2.05) is 18.5 Å². The molecule has 0 fully saturated rings. The number of nitrogens with zero attached hydrogens (tertiary/aromatic N) is 3. The molecule has 0 spiro atoms. The fraction of sp³-hybridized carbons (Fsp3) is 0.143. The third-order valence-corrected chi connectivity index (χ3v) is 3.79. The van der Waals surface area contributed by atoms with Crippen molar-refractivity contribution < 1.29 is 4.39 Å². The van der Waals surface area contributed by atoms with Crippen molar-refractivity contribution >= 4 is 17.0 Å². The van der Waals surface area contributed by atoms with Gasteiger partial charge >= 0.3 is 0 Å². The van der Waals surface area contributed by atoms with Crippen molar-refractivity contribution in [2.75, 3.05) is 5.73 Å². The number of thiazole rings is 1.